The van der Waals surface area contributed by atoms with Crippen LogP contribution in [0.3, 0.4) is 0 Å². The van der Waals surface area contributed by atoms with Crippen molar-refractivity contribution in [2.24, 2.45) is 10.9 Å². The maximum atomic E-state index is 13.4. The largest absolute Gasteiger partial charge is 0.465 e. The van der Waals surface area contributed by atoms with Crippen molar-refractivity contribution in [3.8, 4) is 0 Å². The molecule has 0 aliphatic carbocycles. The van der Waals surface area contributed by atoms with Crippen LogP contribution in [-0.2, 0) is 23.9 Å². The maximum Gasteiger partial charge on any atom is 0.336 e. The van der Waals surface area contributed by atoms with Crippen molar-refractivity contribution in [1.82, 2.24) is 0 Å². The Labute approximate surface area is 285 Å². The van der Waals surface area contributed by atoms with Gasteiger partial charge in [-0.25, -0.2) is 4.79 Å². The van der Waals surface area contributed by atoms with Crippen LogP contribution in [0.25, 0.3) is 0 Å². The molecule has 262 valence electrons. The fraction of sp³-hybridized carbons (Fsp3) is 0.676. The molecule has 2 atom stereocenters. The summed E-state index contributed by atoms with van der Waals surface area (Å²) in [4.78, 5) is 55.1. The lowest BCUT2D eigenvalue weighted by Crippen LogP contribution is -2.37. The molecule has 0 saturated carbocycles. The molecule has 0 radical (unpaired) electrons. The third-order valence-electron chi connectivity index (χ3n) is 8.55. The van der Waals surface area contributed by atoms with Crippen molar-refractivity contribution in [3.63, 3.8) is 0 Å². The third-order valence-corrected chi connectivity index (χ3v) is 9.49. The molecule has 0 aromatic heterocycles. The zero-order chi connectivity index (χ0) is 34.4. The number of hydrogen-bond acceptors (Lipinski definition) is 9. The molecule has 0 N–H and O–H groups in total. The van der Waals surface area contributed by atoms with E-state index in [0.717, 1.165) is 31.0 Å². The first kappa shape index (κ1) is 40.2. The topological polar surface area (TPSA) is 125 Å². The molecule has 47 heavy (non-hydrogen) atoms. The first-order valence-electron chi connectivity index (χ1n) is 17.8. The predicted octanol–water partition coefficient (Wildman–Crippen LogP) is 9.67. The predicted molar refractivity (Wildman–Crippen MR) is 190 cm³/mol. The van der Waals surface area contributed by atoms with E-state index in [-0.39, 0.29) is 35.3 Å². The molecule has 2 unspecified atom stereocenters. The first-order chi connectivity index (χ1) is 22.7. The monoisotopic (exact) mass is 672 g/mol. The summed E-state index contributed by atoms with van der Waals surface area (Å²) in [6.07, 6.45) is 19.3. The van der Waals surface area contributed by atoms with Gasteiger partial charge in [0.1, 0.15) is 5.92 Å². The number of nitro groups is 1. The quantitative estimate of drug-likeness (QED) is 0.0460. The number of carbonyl (C=O) groups excluding carboxylic acids is 3. The summed E-state index contributed by atoms with van der Waals surface area (Å²) in [5, 5.41) is 11.6. The maximum absolute atomic E-state index is 13.4. The number of rotatable bonds is 24. The summed E-state index contributed by atoms with van der Waals surface area (Å²) in [5.74, 6) is -3.00. The molecule has 2 rings (SSSR count). The number of nitro benzene ring substituents is 1. The van der Waals surface area contributed by atoms with Crippen molar-refractivity contribution in [2.75, 3.05) is 19.0 Å². The lowest BCUT2D eigenvalue weighted by Gasteiger charge is -2.32. The smallest absolute Gasteiger partial charge is 0.336 e. The van der Waals surface area contributed by atoms with Gasteiger partial charge in [-0.2, -0.15) is 0 Å². The van der Waals surface area contributed by atoms with E-state index in [1.807, 2.05) is 0 Å². The highest BCUT2D eigenvalue weighted by Crippen LogP contribution is 2.42. The molecule has 1 aliphatic heterocycles. The van der Waals surface area contributed by atoms with Crippen molar-refractivity contribution in [1.29, 1.82) is 0 Å². The summed E-state index contributed by atoms with van der Waals surface area (Å²) in [7, 11) is 0. The van der Waals surface area contributed by atoms with Crippen LogP contribution >= 0.6 is 11.8 Å². The van der Waals surface area contributed by atoms with Gasteiger partial charge in [0.15, 0.2) is 5.12 Å². The number of aliphatic imine (C=N–C) groups is 1. The van der Waals surface area contributed by atoms with Crippen LogP contribution in [0.5, 0.6) is 0 Å². The van der Waals surface area contributed by atoms with Gasteiger partial charge < -0.3 is 9.47 Å². The Hall–Kier alpha value is -3.01. The Balaban J connectivity index is 1.95. The molecule has 0 fully saturated rings. The van der Waals surface area contributed by atoms with E-state index in [1.54, 1.807) is 26.8 Å². The number of benzene rings is 1. The zero-order valence-corrected chi connectivity index (χ0v) is 29.9. The van der Waals surface area contributed by atoms with Gasteiger partial charge in [-0.05, 0) is 32.8 Å². The number of nitrogens with zero attached hydrogens (tertiary/aromatic N) is 2. The molecule has 0 bridgehead atoms. The number of esters is 2. The number of non-ortho nitro benzene ring substituents is 1. The third kappa shape index (κ3) is 14.3. The first-order valence-corrected chi connectivity index (χ1v) is 18.8. The molecule has 1 heterocycles. The number of carbonyl (C=O) groups is 3. The highest BCUT2D eigenvalue weighted by molar-refractivity contribution is 8.13. The van der Waals surface area contributed by atoms with Crippen molar-refractivity contribution in [2.45, 2.75) is 136 Å². The van der Waals surface area contributed by atoms with E-state index < -0.39 is 28.7 Å². The average molecular weight is 673 g/mol. The molecule has 0 saturated heterocycles. The summed E-state index contributed by atoms with van der Waals surface area (Å²) in [6.45, 7) is 7.51. The van der Waals surface area contributed by atoms with Crippen LogP contribution in [0, 0.1) is 16.0 Å². The molecule has 0 amide bonds. The van der Waals surface area contributed by atoms with Gasteiger partial charge in [0.05, 0.1) is 29.4 Å². The van der Waals surface area contributed by atoms with E-state index in [0.29, 0.717) is 23.4 Å². The molecule has 10 heteroatoms. The normalized spacial score (nSPS) is 16.1. The Bertz CT molecular complexity index is 1210. The summed E-state index contributed by atoms with van der Waals surface area (Å²) in [5.41, 5.74) is 1.12. The Morgan fingerprint density at radius 3 is 1.91 bits per heavy atom. The highest BCUT2D eigenvalue weighted by atomic mass is 32.2. The second kappa shape index (κ2) is 23.3. The van der Waals surface area contributed by atoms with E-state index in [1.165, 1.54) is 95.2 Å². The number of thioether (sulfide) groups is 1. The van der Waals surface area contributed by atoms with Crippen LogP contribution in [0.4, 0.5) is 5.69 Å². The average Bonchev–Trinajstić information content (AvgIpc) is 3.05. The van der Waals surface area contributed by atoms with Gasteiger partial charge in [0.2, 0.25) is 0 Å². The Morgan fingerprint density at radius 2 is 1.38 bits per heavy atom. The molecule has 1 aliphatic rings. The van der Waals surface area contributed by atoms with Gasteiger partial charge in [-0.1, -0.05) is 121 Å². The second-order valence-corrected chi connectivity index (χ2v) is 13.3. The van der Waals surface area contributed by atoms with Gasteiger partial charge in [-0.3, -0.25) is 24.7 Å². The Morgan fingerprint density at radius 1 is 0.830 bits per heavy atom. The second-order valence-electron chi connectivity index (χ2n) is 12.3. The highest BCUT2D eigenvalue weighted by Gasteiger charge is 2.43. The Kier molecular flexibility index (Phi) is 19.9. The fourth-order valence-electron chi connectivity index (χ4n) is 6.08. The van der Waals surface area contributed by atoms with Gasteiger partial charge >= 0.3 is 11.9 Å². The zero-order valence-electron chi connectivity index (χ0n) is 29.1. The van der Waals surface area contributed by atoms with Crippen molar-refractivity contribution in [3.05, 3.63) is 51.2 Å². The standard InChI is InChI=1S/C37H56N2O7S/c1-5-8-9-10-11-12-13-14-15-16-17-18-19-20-21-25-32(40)47-27-31-35(37(42)46-7-3)34(29-23-22-24-30(26-29)39(43)44)33(28(4)38-31)36(41)45-6-2/h22-24,26,33-34H,5-21,25,27H2,1-4H3. The van der Waals surface area contributed by atoms with Crippen molar-refractivity contribution < 1.29 is 28.8 Å². The molecule has 1 aromatic rings. The number of unbranched alkanes of at least 4 members (excludes halogenated alkanes) is 14. The van der Waals surface area contributed by atoms with Crippen LogP contribution in [0.1, 0.15) is 142 Å². The van der Waals surface area contributed by atoms with Crippen LogP contribution in [0.2, 0.25) is 0 Å². The van der Waals surface area contributed by atoms with E-state index in [4.69, 9.17) is 9.47 Å². The molecule has 0 spiro atoms. The number of hydrogen-bond donors (Lipinski definition) is 0. The summed E-state index contributed by atoms with van der Waals surface area (Å²) >= 11 is 1.10. The molecular formula is C37H56N2O7S. The minimum atomic E-state index is -0.971. The van der Waals surface area contributed by atoms with E-state index in [2.05, 4.69) is 11.9 Å². The van der Waals surface area contributed by atoms with Gasteiger partial charge in [-0.15, -0.1) is 0 Å². The molecule has 9 nitrogen and oxygen atoms in total. The van der Waals surface area contributed by atoms with Crippen LogP contribution < -0.4 is 0 Å². The van der Waals surface area contributed by atoms with Crippen LogP contribution in [0.15, 0.2) is 40.5 Å². The molecular weight excluding hydrogens is 616 g/mol. The number of ether oxygens (including phenoxy) is 2. The van der Waals surface area contributed by atoms with Crippen LogP contribution in [-0.4, -0.2) is 46.7 Å². The fourth-order valence-corrected chi connectivity index (χ4v) is 6.89. The van der Waals surface area contributed by atoms with E-state index >= 15 is 0 Å². The lowest BCUT2D eigenvalue weighted by atomic mass is 9.75. The van der Waals surface area contributed by atoms with Gasteiger partial charge in [0.25, 0.3) is 5.69 Å². The lowest BCUT2D eigenvalue weighted by molar-refractivity contribution is -0.384. The minimum absolute atomic E-state index is 0.0164. The van der Waals surface area contributed by atoms with E-state index in [9.17, 15) is 24.5 Å². The van der Waals surface area contributed by atoms with Crippen molar-refractivity contribution >= 4 is 40.2 Å². The summed E-state index contributed by atoms with van der Waals surface area (Å²) < 4.78 is 10.7. The minimum Gasteiger partial charge on any atom is -0.465 e. The summed E-state index contributed by atoms with van der Waals surface area (Å²) in [6, 6.07) is 5.89. The SMILES string of the molecule is CCCCCCCCCCCCCCCCCC(=O)SCC1=C(C(=O)OCC)C(c2cccc([N+](=O)[O-])c2)C(C(=O)OCC)C(C)=N1. The van der Waals surface area contributed by atoms with Gasteiger partial charge in [0, 0.05) is 35.9 Å². The molecule has 1 aromatic carbocycles.